The van der Waals surface area contributed by atoms with Gasteiger partial charge < -0.3 is 4.98 Å². The molecular weight excluding hydrogens is 136 g/mol. The third kappa shape index (κ3) is 1.01. The summed E-state index contributed by atoms with van der Waals surface area (Å²) < 4.78 is 0. The van der Waals surface area contributed by atoms with Crippen LogP contribution in [-0.2, 0) is 6.54 Å². The minimum absolute atomic E-state index is 0.328. The first kappa shape index (κ1) is 6.43. The summed E-state index contributed by atoms with van der Waals surface area (Å²) in [5, 5.41) is 1.19. The summed E-state index contributed by atoms with van der Waals surface area (Å²) in [5.41, 5.74) is 9.24. The maximum Gasteiger partial charge on any atom is 0.0502 e. The lowest BCUT2D eigenvalue weighted by Gasteiger charge is -1.84. The van der Waals surface area contributed by atoms with Crippen molar-refractivity contribution in [2.75, 3.05) is 0 Å². The first-order valence-corrected chi connectivity index (χ1v) is 3.61. The Bertz CT molecular complexity index is 329. The first-order valence-electron chi connectivity index (χ1n) is 3.61. The number of rotatable bonds is 1. The van der Waals surface area contributed by atoms with Crippen LogP contribution in [0.4, 0.5) is 0 Å². The number of nitrogens with one attached hydrogen (secondary N) is 2. The van der Waals surface area contributed by atoms with E-state index in [9.17, 15) is 0 Å². The van der Waals surface area contributed by atoms with Gasteiger partial charge in [-0.3, -0.25) is 5.73 Å². The van der Waals surface area contributed by atoms with Gasteiger partial charge in [0, 0.05) is 11.2 Å². The molecular formula is C9H9N2. The van der Waals surface area contributed by atoms with Crippen LogP contribution >= 0.6 is 0 Å². The van der Waals surface area contributed by atoms with E-state index in [0.717, 1.165) is 11.2 Å². The van der Waals surface area contributed by atoms with Crippen molar-refractivity contribution < 1.29 is 0 Å². The van der Waals surface area contributed by atoms with E-state index in [1.165, 1.54) is 5.39 Å². The number of benzene rings is 1. The normalized spacial score (nSPS) is 10.6. The van der Waals surface area contributed by atoms with Gasteiger partial charge in [0.15, 0.2) is 0 Å². The van der Waals surface area contributed by atoms with Crippen molar-refractivity contribution in [2.24, 2.45) is 0 Å². The molecule has 0 aliphatic carbocycles. The largest absolute Gasteiger partial charge is 0.357 e. The summed E-state index contributed by atoms with van der Waals surface area (Å²) in [5.74, 6) is 0. The second kappa shape index (κ2) is 2.40. The van der Waals surface area contributed by atoms with E-state index in [4.69, 9.17) is 5.73 Å². The van der Waals surface area contributed by atoms with Gasteiger partial charge in [0.1, 0.15) is 0 Å². The van der Waals surface area contributed by atoms with Crippen LogP contribution in [0.15, 0.2) is 30.3 Å². The number of hydrogen-bond donors (Lipinski definition) is 1. The van der Waals surface area contributed by atoms with Gasteiger partial charge in [0.2, 0.25) is 0 Å². The van der Waals surface area contributed by atoms with E-state index >= 15 is 0 Å². The summed E-state index contributed by atoms with van der Waals surface area (Å²) in [6.07, 6.45) is 0. The van der Waals surface area contributed by atoms with Crippen molar-refractivity contribution >= 4 is 10.9 Å². The minimum atomic E-state index is 0.328. The van der Waals surface area contributed by atoms with Crippen LogP contribution in [0.25, 0.3) is 10.9 Å². The van der Waals surface area contributed by atoms with Gasteiger partial charge in [-0.25, -0.2) is 0 Å². The monoisotopic (exact) mass is 145 g/mol. The molecule has 2 nitrogen and oxygen atoms in total. The van der Waals surface area contributed by atoms with Crippen LogP contribution in [0.2, 0.25) is 0 Å². The van der Waals surface area contributed by atoms with Crippen molar-refractivity contribution in [1.82, 2.24) is 10.7 Å². The molecule has 0 fully saturated rings. The molecule has 0 saturated carbocycles. The zero-order valence-corrected chi connectivity index (χ0v) is 6.09. The lowest BCUT2D eigenvalue weighted by atomic mass is 10.2. The molecule has 0 spiro atoms. The number of H-pyrrole nitrogens is 1. The molecule has 1 aromatic carbocycles. The molecule has 0 unspecified atom stereocenters. The van der Waals surface area contributed by atoms with Crippen molar-refractivity contribution in [3.05, 3.63) is 36.0 Å². The molecule has 11 heavy (non-hydrogen) atoms. The lowest BCUT2D eigenvalue weighted by Crippen LogP contribution is -1.81. The highest BCUT2D eigenvalue weighted by molar-refractivity contribution is 5.80. The van der Waals surface area contributed by atoms with Gasteiger partial charge >= 0.3 is 0 Å². The Balaban J connectivity index is 2.69. The molecule has 0 saturated heterocycles. The average molecular weight is 145 g/mol. The van der Waals surface area contributed by atoms with E-state index < -0.39 is 0 Å². The second-order valence-corrected chi connectivity index (χ2v) is 2.56. The summed E-state index contributed by atoms with van der Waals surface area (Å²) in [6.45, 7) is 0.328. The van der Waals surface area contributed by atoms with Crippen LogP contribution in [0.5, 0.6) is 0 Å². The van der Waals surface area contributed by atoms with E-state index in [1.54, 1.807) is 0 Å². The Kier molecular flexibility index (Phi) is 1.40. The molecule has 2 rings (SSSR count). The highest BCUT2D eigenvalue weighted by Crippen LogP contribution is 2.13. The van der Waals surface area contributed by atoms with Gasteiger partial charge in [-0.05, 0) is 17.5 Å². The van der Waals surface area contributed by atoms with Crippen molar-refractivity contribution in [1.29, 1.82) is 0 Å². The van der Waals surface area contributed by atoms with Gasteiger partial charge in [-0.15, -0.1) is 0 Å². The molecule has 0 atom stereocenters. The molecule has 2 N–H and O–H groups in total. The zero-order chi connectivity index (χ0) is 7.68. The molecule has 0 aliphatic rings. The topological polar surface area (TPSA) is 39.6 Å². The van der Waals surface area contributed by atoms with Crippen LogP contribution in [-0.4, -0.2) is 4.98 Å². The van der Waals surface area contributed by atoms with E-state index in [0.29, 0.717) is 6.54 Å². The van der Waals surface area contributed by atoms with Gasteiger partial charge in [-0.2, -0.15) is 0 Å². The lowest BCUT2D eigenvalue weighted by molar-refractivity contribution is 0.984. The minimum Gasteiger partial charge on any atom is -0.357 e. The summed E-state index contributed by atoms with van der Waals surface area (Å²) >= 11 is 0. The number of para-hydroxylation sites is 1. The predicted molar refractivity (Wildman–Crippen MR) is 45.1 cm³/mol. The Morgan fingerprint density at radius 2 is 2.09 bits per heavy atom. The molecule has 1 aromatic heterocycles. The third-order valence-electron chi connectivity index (χ3n) is 1.78. The molecule has 0 amide bonds. The Morgan fingerprint density at radius 3 is 2.82 bits per heavy atom. The molecule has 1 radical (unpaired) electrons. The van der Waals surface area contributed by atoms with Crippen LogP contribution in [0, 0.1) is 0 Å². The van der Waals surface area contributed by atoms with Crippen molar-refractivity contribution in [2.45, 2.75) is 6.54 Å². The Morgan fingerprint density at radius 1 is 1.27 bits per heavy atom. The van der Waals surface area contributed by atoms with Crippen LogP contribution < -0.4 is 5.73 Å². The molecule has 0 bridgehead atoms. The fourth-order valence-corrected chi connectivity index (χ4v) is 1.23. The summed E-state index contributed by atoms with van der Waals surface area (Å²) in [4.78, 5) is 3.16. The maximum absolute atomic E-state index is 7.14. The SMILES string of the molecule is [NH]Cc1cc2ccccc2[nH]1. The molecule has 2 heteroatoms. The summed E-state index contributed by atoms with van der Waals surface area (Å²) in [7, 11) is 0. The van der Waals surface area contributed by atoms with E-state index in [-0.39, 0.29) is 0 Å². The van der Waals surface area contributed by atoms with Gasteiger partial charge in [0.25, 0.3) is 0 Å². The average Bonchev–Trinajstić information content (AvgIpc) is 2.46. The first-order chi connectivity index (χ1) is 5.40. The van der Waals surface area contributed by atoms with Crippen LogP contribution in [0.1, 0.15) is 5.69 Å². The number of aromatic amines is 1. The molecule has 2 aromatic rings. The standard InChI is InChI=1S/C9H9N2/c10-6-8-5-7-3-1-2-4-9(7)11-8/h1-5,10-11H,6H2. The molecule has 1 heterocycles. The number of fused-ring (bicyclic) bond motifs is 1. The zero-order valence-electron chi connectivity index (χ0n) is 6.09. The third-order valence-corrected chi connectivity index (χ3v) is 1.78. The predicted octanol–water partition coefficient (Wildman–Crippen LogP) is 1.95. The molecule has 0 aliphatic heterocycles. The smallest absolute Gasteiger partial charge is 0.0502 e. The molecule has 55 valence electrons. The fourth-order valence-electron chi connectivity index (χ4n) is 1.23. The van der Waals surface area contributed by atoms with Crippen molar-refractivity contribution in [3.8, 4) is 0 Å². The number of aromatic nitrogens is 1. The second-order valence-electron chi connectivity index (χ2n) is 2.56. The quantitative estimate of drug-likeness (QED) is 0.637. The highest BCUT2D eigenvalue weighted by Gasteiger charge is 1.95. The van der Waals surface area contributed by atoms with Gasteiger partial charge in [0.05, 0.1) is 6.54 Å². The van der Waals surface area contributed by atoms with E-state index in [2.05, 4.69) is 4.98 Å². The Hall–Kier alpha value is -1.28. The van der Waals surface area contributed by atoms with E-state index in [1.807, 2.05) is 30.3 Å². The number of hydrogen-bond acceptors (Lipinski definition) is 0. The summed E-state index contributed by atoms with van der Waals surface area (Å²) in [6, 6.07) is 10.1. The fraction of sp³-hybridized carbons (Fsp3) is 0.111. The maximum atomic E-state index is 7.14. The van der Waals surface area contributed by atoms with Crippen LogP contribution in [0.3, 0.4) is 0 Å². The van der Waals surface area contributed by atoms with Crippen molar-refractivity contribution in [3.63, 3.8) is 0 Å². The Labute approximate surface area is 65.0 Å². The highest BCUT2D eigenvalue weighted by atomic mass is 14.7. The van der Waals surface area contributed by atoms with Gasteiger partial charge in [-0.1, -0.05) is 18.2 Å².